The molecule has 3 heteroatoms. The molecule has 1 aromatic heterocycles. The molecule has 0 radical (unpaired) electrons. The minimum atomic E-state index is 0.764. The maximum absolute atomic E-state index is 4.40. The number of rotatable bonds is 5. The number of hydrogen-bond donors (Lipinski definition) is 1. The van der Waals surface area contributed by atoms with Crippen LogP contribution in [0.25, 0.3) is 0 Å². The second kappa shape index (κ2) is 6.20. The third-order valence-electron chi connectivity index (χ3n) is 3.97. The van der Waals surface area contributed by atoms with Crippen molar-refractivity contribution in [1.82, 2.24) is 14.9 Å². The molecule has 1 aromatic rings. The molecule has 2 atom stereocenters. The highest BCUT2D eigenvalue weighted by molar-refractivity contribution is 4.92. The van der Waals surface area contributed by atoms with Gasteiger partial charge in [0, 0.05) is 31.9 Å². The van der Waals surface area contributed by atoms with Crippen molar-refractivity contribution in [3.63, 3.8) is 0 Å². The summed E-state index contributed by atoms with van der Waals surface area (Å²) in [4.78, 5) is 4.40. The molecule has 1 saturated carbocycles. The highest BCUT2D eigenvalue weighted by atomic mass is 15.0. The molecular formula is C14H25N3. The van der Waals surface area contributed by atoms with Gasteiger partial charge in [-0.15, -0.1) is 0 Å². The average Bonchev–Trinajstić information content (AvgIpc) is 2.73. The molecule has 2 rings (SSSR count). The number of nitrogens with zero attached hydrogens (tertiary/aromatic N) is 2. The van der Waals surface area contributed by atoms with Crippen LogP contribution in [0.5, 0.6) is 0 Å². The van der Waals surface area contributed by atoms with Crippen LogP contribution >= 0.6 is 0 Å². The zero-order chi connectivity index (χ0) is 12.1. The van der Waals surface area contributed by atoms with Gasteiger partial charge in [0.1, 0.15) is 5.82 Å². The van der Waals surface area contributed by atoms with Gasteiger partial charge in [-0.1, -0.05) is 19.8 Å². The van der Waals surface area contributed by atoms with E-state index in [1.807, 2.05) is 12.4 Å². The van der Waals surface area contributed by atoms with Crippen LogP contribution in [0.1, 0.15) is 44.9 Å². The topological polar surface area (TPSA) is 29.9 Å². The number of aryl methyl sites for hydroxylation is 2. The normalized spacial score (nSPS) is 25.1. The molecule has 0 amide bonds. The lowest BCUT2D eigenvalue weighted by atomic mass is 9.83. The predicted molar refractivity (Wildman–Crippen MR) is 71.0 cm³/mol. The van der Waals surface area contributed by atoms with Gasteiger partial charge >= 0.3 is 0 Å². The van der Waals surface area contributed by atoms with Crippen LogP contribution in [-0.2, 0) is 13.5 Å². The van der Waals surface area contributed by atoms with Crippen molar-refractivity contribution in [2.24, 2.45) is 13.0 Å². The third kappa shape index (κ3) is 3.56. The summed E-state index contributed by atoms with van der Waals surface area (Å²) in [5.41, 5.74) is 0. The molecule has 0 bridgehead atoms. The molecule has 2 unspecified atom stereocenters. The quantitative estimate of drug-likeness (QED) is 0.850. The Bertz CT molecular complexity index is 330. The SMILES string of the molecule is CCNC1CCCC(CCc2nccn2C)C1. The highest BCUT2D eigenvalue weighted by Crippen LogP contribution is 2.27. The number of imidazole rings is 1. The maximum Gasteiger partial charge on any atom is 0.108 e. The fourth-order valence-corrected chi connectivity index (χ4v) is 3.00. The lowest BCUT2D eigenvalue weighted by Gasteiger charge is -2.29. The Balaban J connectivity index is 1.77. The first-order valence-corrected chi connectivity index (χ1v) is 6.99. The van der Waals surface area contributed by atoms with Crippen LogP contribution in [0.3, 0.4) is 0 Å². The van der Waals surface area contributed by atoms with Crippen molar-refractivity contribution in [3.05, 3.63) is 18.2 Å². The largest absolute Gasteiger partial charge is 0.338 e. The van der Waals surface area contributed by atoms with Crippen LogP contribution in [0.2, 0.25) is 0 Å². The summed E-state index contributed by atoms with van der Waals surface area (Å²) >= 11 is 0. The average molecular weight is 235 g/mol. The molecule has 1 N–H and O–H groups in total. The number of hydrogen-bond acceptors (Lipinski definition) is 2. The van der Waals surface area contributed by atoms with E-state index in [1.54, 1.807) is 0 Å². The Labute approximate surface area is 105 Å². The van der Waals surface area contributed by atoms with E-state index in [0.29, 0.717) is 0 Å². The van der Waals surface area contributed by atoms with Crippen molar-refractivity contribution in [2.75, 3.05) is 6.54 Å². The molecule has 0 aliphatic heterocycles. The van der Waals surface area contributed by atoms with Crippen LogP contribution in [0.15, 0.2) is 12.4 Å². The van der Waals surface area contributed by atoms with Crippen molar-refractivity contribution >= 4 is 0 Å². The second-order valence-electron chi connectivity index (χ2n) is 5.28. The summed E-state index contributed by atoms with van der Waals surface area (Å²) in [6.45, 7) is 3.31. The Morgan fingerprint density at radius 3 is 3.06 bits per heavy atom. The second-order valence-corrected chi connectivity index (χ2v) is 5.28. The minimum absolute atomic E-state index is 0.764. The van der Waals surface area contributed by atoms with Gasteiger partial charge in [-0.3, -0.25) is 0 Å². The van der Waals surface area contributed by atoms with Crippen molar-refractivity contribution in [3.8, 4) is 0 Å². The molecule has 1 fully saturated rings. The summed E-state index contributed by atoms with van der Waals surface area (Å²) < 4.78 is 2.14. The number of aromatic nitrogens is 2. The standard InChI is InChI=1S/C14H25N3/c1-3-15-13-6-4-5-12(11-13)7-8-14-16-9-10-17(14)2/h9-10,12-13,15H,3-8,11H2,1-2H3. The molecule has 96 valence electrons. The van der Waals surface area contributed by atoms with Crippen LogP contribution in [0.4, 0.5) is 0 Å². The fraction of sp³-hybridized carbons (Fsp3) is 0.786. The van der Waals surface area contributed by atoms with E-state index in [4.69, 9.17) is 0 Å². The van der Waals surface area contributed by atoms with Crippen LogP contribution in [0, 0.1) is 5.92 Å². The Hall–Kier alpha value is -0.830. The lowest BCUT2D eigenvalue weighted by molar-refractivity contribution is 0.274. The molecule has 17 heavy (non-hydrogen) atoms. The van der Waals surface area contributed by atoms with Gasteiger partial charge in [-0.25, -0.2) is 4.98 Å². The zero-order valence-corrected chi connectivity index (χ0v) is 11.2. The van der Waals surface area contributed by atoms with Gasteiger partial charge in [0.25, 0.3) is 0 Å². The fourth-order valence-electron chi connectivity index (χ4n) is 3.00. The van der Waals surface area contributed by atoms with Gasteiger partial charge in [-0.2, -0.15) is 0 Å². The highest BCUT2D eigenvalue weighted by Gasteiger charge is 2.21. The van der Waals surface area contributed by atoms with Gasteiger partial charge < -0.3 is 9.88 Å². The van der Waals surface area contributed by atoms with E-state index in [9.17, 15) is 0 Å². The summed E-state index contributed by atoms with van der Waals surface area (Å²) in [6.07, 6.45) is 11.9. The van der Waals surface area contributed by atoms with E-state index in [1.165, 1.54) is 37.9 Å². The molecular weight excluding hydrogens is 210 g/mol. The van der Waals surface area contributed by atoms with E-state index >= 15 is 0 Å². The molecule has 0 saturated heterocycles. The summed E-state index contributed by atoms with van der Waals surface area (Å²) in [5, 5.41) is 3.60. The van der Waals surface area contributed by atoms with Crippen molar-refractivity contribution in [2.45, 2.75) is 51.5 Å². The number of nitrogens with one attached hydrogen (secondary N) is 1. The Kier molecular flexibility index (Phi) is 4.60. The molecule has 3 nitrogen and oxygen atoms in total. The molecule has 1 aliphatic rings. The van der Waals surface area contributed by atoms with Gasteiger partial charge in [0.15, 0.2) is 0 Å². The monoisotopic (exact) mass is 235 g/mol. The van der Waals surface area contributed by atoms with E-state index in [-0.39, 0.29) is 0 Å². The van der Waals surface area contributed by atoms with Crippen LogP contribution in [-0.4, -0.2) is 22.1 Å². The Morgan fingerprint density at radius 2 is 2.35 bits per heavy atom. The first-order valence-electron chi connectivity index (χ1n) is 6.99. The van der Waals surface area contributed by atoms with Crippen molar-refractivity contribution < 1.29 is 0 Å². The molecule has 0 spiro atoms. The van der Waals surface area contributed by atoms with E-state index in [0.717, 1.165) is 24.9 Å². The maximum atomic E-state index is 4.40. The smallest absolute Gasteiger partial charge is 0.108 e. The first kappa shape index (κ1) is 12.6. The van der Waals surface area contributed by atoms with Gasteiger partial charge in [-0.05, 0) is 31.7 Å². The minimum Gasteiger partial charge on any atom is -0.338 e. The zero-order valence-electron chi connectivity index (χ0n) is 11.2. The van der Waals surface area contributed by atoms with Gasteiger partial charge in [0.05, 0.1) is 0 Å². The van der Waals surface area contributed by atoms with Crippen molar-refractivity contribution in [1.29, 1.82) is 0 Å². The third-order valence-corrected chi connectivity index (χ3v) is 3.97. The molecule has 1 aliphatic carbocycles. The predicted octanol–water partition coefficient (Wildman–Crippen LogP) is 2.52. The lowest BCUT2D eigenvalue weighted by Crippen LogP contribution is -2.34. The van der Waals surface area contributed by atoms with E-state index in [2.05, 4.69) is 28.8 Å². The van der Waals surface area contributed by atoms with Crippen LogP contribution < -0.4 is 5.32 Å². The molecule has 1 heterocycles. The molecule has 0 aromatic carbocycles. The van der Waals surface area contributed by atoms with E-state index < -0.39 is 0 Å². The summed E-state index contributed by atoms with van der Waals surface area (Å²) in [7, 11) is 2.09. The summed E-state index contributed by atoms with van der Waals surface area (Å²) in [5.74, 6) is 2.13. The summed E-state index contributed by atoms with van der Waals surface area (Å²) in [6, 6.07) is 0.764. The Morgan fingerprint density at radius 1 is 1.47 bits per heavy atom. The van der Waals surface area contributed by atoms with Gasteiger partial charge in [0.2, 0.25) is 0 Å². The first-order chi connectivity index (χ1) is 8.29.